The molecule has 2 rings (SSSR count). The molecule has 1 heterocycles. The standard InChI is InChI=1S/C13H8Cl2F2N2O/c14-10-6-18-12(15)4-9(10)13(20)19-5-7-1-2-8(16)3-11(7)17/h1-4,6H,5H2,(H,19,20). The van der Waals surface area contributed by atoms with Crippen LogP contribution in [0, 0.1) is 11.6 Å². The first-order valence-electron chi connectivity index (χ1n) is 5.50. The van der Waals surface area contributed by atoms with Crippen molar-refractivity contribution in [2.45, 2.75) is 6.54 Å². The summed E-state index contributed by atoms with van der Waals surface area (Å²) in [6.07, 6.45) is 1.25. The number of amides is 1. The number of aromatic nitrogens is 1. The van der Waals surface area contributed by atoms with Gasteiger partial charge in [-0.05, 0) is 12.1 Å². The first kappa shape index (κ1) is 14.7. The van der Waals surface area contributed by atoms with Gasteiger partial charge in [-0.1, -0.05) is 29.3 Å². The molecule has 0 saturated carbocycles. The Hall–Kier alpha value is -1.72. The zero-order chi connectivity index (χ0) is 14.7. The van der Waals surface area contributed by atoms with Crippen LogP contribution < -0.4 is 5.32 Å². The van der Waals surface area contributed by atoms with Gasteiger partial charge in [0.15, 0.2) is 0 Å². The molecule has 0 radical (unpaired) electrons. The van der Waals surface area contributed by atoms with Gasteiger partial charge in [0.2, 0.25) is 0 Å². The van der Waals surface area contributed by atoms with E-state index in [2.05, 4.69) is 10.3 Å². The number of halogens is 4. The SMILES string of the molecule is O=C(NCc1ccc(F)cc1F)c1cc(Cl)ncc1Cl. The van der Waals surface area contributed by atoms with Crippen LogP contribution in [0.4, 0.5) is 8.78 Å². The number of hydrogen-bond donors (Lipinski definition) is 1. The molecule has 0 atom stereocenters. The average Bonchev–Trinajstić information content (AvgIpc) is 2.40. The van der Waals surface area contributed by atoms with Crippen molar-refractivity contribution in [2.24, 2.45) is 0 Å². The van der Waals surface area contributed by atoms with Crippen molar-refractivity contribution in [3.8, 4) is 0 Å². The van der Waals surface area contributed by atoms with Crippen molar-refractivity contribution in [1.82, 2.24) is 10.3 Å². The molecule has 1 aromatic heterocycles. The molecule has 2 aromatic rings. The van der Waals surface area contributed by atoms with Gasteiger partial charge in [0.25, 0.3) is 5.91 Å². The van der Waals surface area contributed by atoms with Crippen molar-refractivity contribution >= 4 is 29.1 Å². The van der Waals surface area contributed by atoms with Crippen molar-refractivity contribution in [2.75, 3.05) is 0 Å². The Morgan fingerprint density at radius 2 is 2.00 bits per heavy atom. The lowest BCUT2D eigenvalue weighted by atomic mass is 10.2. The predicted octanol–water partition coefficient (Wildman–Crippen LogP) is 3.60. The summed E-state index contributed by atoms with van der Waals surface area (Å²) in [5.41, 5.74) is 0.296. The largest absolute Gasteiger partial charge is 0.348 e. The zero-order valence-electron chi connectivity index (χ0n) is 9.96. The molecule has 0 aliphatic rings. The van der Waals surface area contributed by atoms with Gasteiger partial charge in [0.05, 0.1) is 10.6 Å². The maximum absolute atomic E-state index is 13.4. The van der Waals surface area contributed by atoms with Crippen molar-refractivity contribution < 1.29 is 13.6 Å². The molecule has 0 unspecified atom stereocenters. The van der Waals surface area contributed by atoms with E-state index in [4.69, 9.17) is 23.2 Å². The third-order valence-corrected chi connectivity index (χ3v) is 3.03. The Labute approximate surface area is 123 Å². The van der Waals surface area contributed by atoms with Crippen LogP contribution in [0.3, 0.4) is 0 Å². The van der Waals surface area contributed by atoms with Crippen LogP contribution in [0.2, 0.25) is 10.2 Å². The molecule has 0 saturated heterocycles. The molecule has 104 valence electrons. The molecule has 0 spiro atoms. The highest BCUT2D eigenvalue weighted by molar-refractivity contribution is 6.35. The molecule has 1 aromatic carbocycles. The van der Waals surface area contributed by atoms with E-state index in [-0.39, 0.29) is 27.8 Å². The van der Waals surface area contributed by atoms with Gasteiger partial charge in [-0.15, -0.1) is 0 Å². The summed E-state index contributed by atoms with van der Waals surface area (Å²) < 4.78 is 26.1. The Kier molecular flexibility index (Phi) is 4.52. The number of carbonyl (C=O) groups is 1. The van der Waals surface area contributed by atoms with Crippen LogP contribution >= 0.6 is 23.2 Å². The molecular formula is C13H8Cl2F2N2O. The molecule has 0 aliphatic carbocycles. The van der Waals surface area contributed by atoms with Gasteiger partial charge in [-0.3, -0.25) is 4.79 Å². The van der Waals surface area contributed by atoms with Gasteiger partial charge in [-0.25, -0.2) is 13.8 Å². The number of nitrogens with one attached hydrogen (secondary N) is 1. The van der Waals surface area contributed by atoms with E-state index in [1.54, 1.807) is 0 Å². The summed E-state index contributed by atoms with van der Waals surface area (Å²) in [6.45, 7) is -0.0960. The molecule has 7 heteroatoms. The minimum absolute atomic E-state index is 0.0960. The summed E-state index contributed by atoms with van der Waals surface area (Å²) in [4.78, 5) is 15.6. The third-order valence-electron chi connectivity index (χ3n) is 2.52. The van der Waals surface area contributed by atoms with E-state index in [1.807, 2.05) is 0 Å². The van der Waals surface area contributed by atoms with E-state index in [1.165, 1.54) is 18.3 Å². The second kappa shape index (κ2) is 6.15. The molecule has 1 amide bonds. The predicted molar refractivity (Wildman–Crippen MR) is 71.8 cm³/mol. The highest BCUT2D eigenvalue weighted by Crippen LogP contribution is 2.18. The Bertz CT molecular complexity index is 665. The van der Waals surface area contributed by atoms with Crippen LogP contribution in [-0.2, 0) is 6.54 Å². The monoisotopic (exact) mass is 316 g/mol. The summed E-state index contributed by atoms with van der Waals surface area (Å²) in [5.74, 6) is -1.94. The van der Waals surface area contributed by atoms with E-state index >= 15 is 0 Å². The Morgan fingerprint density at radius 1 is 1.25 bits per heavy atom. The highest BCUT2D eigenvalue weighted by atomic mass is 35.5. The first-order chi connectivity index (χ1) is 9.47. The van der Waals surface area contributed by atoms with Gasteiger partial charge < -0.3 is 5.32 Å². The van der Waals surface area contributed by atoms with Crippen LogP contribution in [-0.4, -0.2) is 10.9 Å². The van der Waals surface area contributed by atoms with Crippen LogP contribution in [0.25, 0.3) is 0 Å². The van der Waals surface area contributed by atoms with E-state index in [9.17, 15) is 13.6 Å². The topological polar surface area (TPSA) is 42.0 Å². The Morgan fingerprint density at radius 3 is 2.70 bits per heavy atom. The maximum atomic E-state index is 13.4. The number of nitrogens with zero attached hydrogens (tertiary/aromatic N) is 1. The number of pyridine rings is 1. The zero-order valence-corrected chi connectivity index (χ0v) is 11.5. The number of benzene rings is 1. The van der Waals surface area contributed by atoms with Crippen LogP contribution in [0.5, 0.6) is 0 Å². The number of rotatable bonds is 3. The van der Waals surface area contributed by atoms with Crippen LogP contribution in [0.1, 0.15) is 15.9 Å². The lowest BCUT2D eigenvalue weighted by Gasteiger charge is -2.08. The summed E-state index contributed by atoms with van der Waals surface area (Å²) in [5, 5.41) is 2.72. The Balaban J connectivity index is 2.10. The second-order valence-corrected chi connectivity index (χ2v) is 4.70. The van der Waals surface area contributed by atoms with Gasteiger partial charge >= 0.3 is 0 Å². The van der Waals surface area contributed by atoms with E-state index in [0.29, 0.717) is 0 Å². The van der Waals surface area contributed by atoms with Gasteiger partial charge in [-0.2, -0.15) is 0 Å². The normalized spacial score (nSPS) is 10.4. The fourth-order valence-electron chi connectivity index (χ4n) is 1.52. The fraction of sp³-hybridized carbons (Fsp3) is 0.0769. The molecular weight excluding hydrogens is 309 g/mol. The van der Waals surface area contributed by atoms with Crippen molar-refractivity contribution in [1.29, 1.82) is 0 Å². The molecule has 20 heavy (non-hydrogen) atoms. The quantitative estimate of drug-likeness (QED) is 0.879. The lowest BCUT2D eigenvalue weighted by molar-refractivity contribution is 0.0950. The number of carbonyl (C=O) groups excluding carboxylic acids is 1. The average molecular weight is 317 g/mol. The first-order valence-corrected chi connectivity index (χ1v) is 6.26. The number of hydrogen-bond acceptors (Lipinski definition) is 2. The molecule has 3 nitrogen and oxygen atoms in total. The van der Waals surface area contributed by atoms with E-state index in [0.717, 1.165) is 12.1 Å². The third kappa shape index (κ3) is 3.43. The van der Waals surface area contributed by atoms with Gasteiger partial charge in [0.1, 0.15) is 16.8 Å². The summed E-state index contributed by atoms with van der Waals surface area (Å²) >= 11 is 11.5. The van der Waals surface area contributed by atoms with Crippen LogP contribution in [0.15, 0.2) is 30.5 Å². The molecule has 0 aliphatic heterocycles. The molecule has 0 bridgehead atoms. The molecule has 1 N–H and O–H groups in total. The van der Waals surface area contributed by atoms with Gasteiger partial charge in [0, 0.05) is 24.4 Å². The second-order valence-electron chi connectivity index (χ2n) is 3.91. The summed E-state index contributed by atoms with van der Waals surface area (Å²) in [6, 6.07) is 4.42. The van der Waals surface area contributed by atoms with Crippen molar-refractivity contribution in [3.05, 3.63) is 63.4 Å². The minimum atomic E-state index is -0.732. The lowest BCUT2D eigenvalue weighted by Crippen LogP contribution is -2.23. The smallest absolute Gasteiger partial charge is 0.253 e. The van der Waals surface area contributed by atoms with Crippen molar-refractivity contribution in [3.63, 3.8) is 0 Å². The summed E-state index contributed by atoms with van der Waals surface area (Å²) in [7, 11) is 0. The maximum Gasteiger partial charge on any atom is 0.253 e. The highest BCUT2D eigenvalue weighted by Gasteiger charge is 2.12. The van der Waals surface area contributed by atoms with E-state index < -0.39 is 17.5 Å². The fourth-order valence-corrected chi connectivity index (χ4v) is 1.87. The molecule has 0 fully saturated rings. The minimum Gasteiger partial charge on any atom is -0.348 e.